The molecule has 0 aliphatic carbocycles. The molecule has 0 aliphatic rings. The van der Waals surface area contributed by atoms with Crippen LogP contribution in [0.1, 0.15) is 5.56 Å². The first-order valence-corrected chi connectivity index (χ1v) is 4.14. The lowest BCUT2D eigenvalue weighted by atomic mass is 10.2. The van der Waals surface area contributed by atoms with Crippen LogP contribution in [0, 0.1) is 0 Å². The summed E-state index contributed by atoms with van der Waals surface area (Å²) in [4.78, 5) is 0. The van der Waals surface area contributed by atoms with E-state index in [9.17, 15) is 0 Å². The maximum absolute atomic E-state index is 5.72. The van der Waals surface area contributed by atoms with Crippen molar-refractivity contribution in [2.45, 2.75) is 0 Å². The minimum absolute atomic E-state index is 0.613. The maximum Gasteiger partial charge on any atom is 0.0426 e. The molecule has 0 bridgehead atoms. The highest BCUT2D eigenvalue weighted by Crippen LogP contribution is 2.19. The first kappa shape index (κ1) is 8.92. The normalized spacial score (nSPS) is 10.8. The average Bonchev–Trinajstić information content (AvgIpc) is 1.85. The standard InChI is InChI=1S/C8H5Cl3/c9-2-1-6-3-7(10)5-8(11)4-6/h1-5H. The number of benzene rings is 1. The van der Waals surface area contributed by atoms with Crippen LogP contribution in [0.4, 0.5) is 0 Å². The summed E-state index contributed by atoms with van der Waals surface area (Å²) in [6.45, 7) is 0. The van der Waals surface area contributed by atoms with Gasteiger partial charge in [-0.25, -0.2) is 0 Å². The largest absolute Gasteiger partial charge is 0.0929 e. The summed E-state index contributed by atoms with van der Waals surface area (Å²) in [6.07, 6.45) is 1.72. The van der Waals surface area contributed by atoms with Gasteiger partial charge in [-0.1, -0.05) is 34.8 Å². The second kappa shape index (κ2) is 4.01. The molecule has 0 unspecified atom stereocenters. The third kappa shape index (κ3) is 2.74. The zero-order valence-corrected chi connectivity index (χ0v) is 7.79. The Hall–Kier alpha value is -0.170. The third-order valence-corrected chi connectivity index (χ3v) is 1.70. The molecule has 11 heavy (non-hydrogen) atoms. The highest BCUT2D eigenvalue weighted by molar-refractivity contribution is 6.35. The lowest BCUT2D eigenvalue weighted by Crippen LogP contribution is -1.71. The molecule has 0 nitrogen and oxygen atoms in total. The second-order valence-electron chi connectivity index (χ2n) is 2.00. The molecule has 0 N–H and O–H groups in total. The molecule has 0 aliphatic heterocycles. The number of rotatable bonds is 1. The molecule has 0 saturated heterocycles. The Morgan fingerprint density at radius 3 is 2.00 bits per heavy atom. The SMILES string of the molecule is ClC=Cc1cc(Cl)cc(Cl)c1. The summed E-state index contributed by atoms with van der Waals surface area (Å²) < 4.78 is 0. The quantitative estimate of drug-likeness (QED) is 0.647. The summed E-state index contributed by atoms with van der Waals surface area (Å²) in [5.41, 5.74) is 2.32. The van der Waals surface area contributed by atoms with Crippen LogP contribution in [0.2, 0.25) is 10.0 Å². The van der Waals surface area contributed by atoms with Crippen molar-refractivity contribution >= 4 is 40.9 Å². The van der Waals surface area contributed by atoms with Gasteiger partial charge in [0.05, 0.1) is 0 Å². The van der Waals surface area contributed by atoms with Crippen molar-refractivity contribution in [2.75, 3.05) is 0 Å². The fourth-order valence-electron chi connectivity index (χ4n) is 0.744. The van der Waals surface area contributed by atoms with Gasteiger partial charge in [0, 0.05) is 15.6 Å². The van der Waals surface area contributed by atoms with Crippen LogP contribution in [-0.4, -0.2) is 0 Å². The number of hydrogen-bond donors (Lipinski definition) is 0. The van der Waals surface area contributed by atoms with E-state index < -0.39 is 0 Å². The summed E-state index contributed by atoms with van der Waals surface area (Å²) in [6, 6.07) is 5.24. The molecule has 0 spiro atoms. The number of hydrogen-bond acceptors (Lipinski definition) is 0. The van der Waals surface area contributed by atoms with E-state index in [0.29, 0.717) is 10.0 Å². The van der Waals surface area contributed by atoms with Crippen LogP contribution in [0.15, 0.2) is 23.7 Å². The van der Waals surface area contributed by atoms with Gasteiger partial charge in [0.2, 0.25) is 0 Å². The lowest BCUT2D eigenvalue weighted by molar-refractivity contribution is 1.66. The van der Waals surface area contributed by atoms with Gasteiger partial charge >= 0.3 is 0 Å². The Bertz CT molecular complexity index is 258. The Morgan fingerprint density at radius 2 is 1.55 bits per heavy atom. The first-order valence-electron chi connectivity index (χ1n) is 2.95. The summed E-state index contributed by atoms with van der Waals surface area (Å²) in [5.74, 6) is 0. The van der Waals surface area contributed by atoms with Crippen LogP contribution >= 0.6 is 34.8 Å². The van der Waals surface area contributed by atoms with Crippen molar-refractivity contribution in [3.8, 4) is 0 Å². The van der Waals surface area contributed by atoms with Gasteiger partial charge in [0.25, 0.3) is 0 Å². The van der Waals surface area contributed by atoms with Crippen molar-refractivity contribution in [1.82, 2.24) is 0 Å². The zero-order valence-electron chi connectivity index (χ0n) is 5.52. The summed E-state index contributed by atoms with van der Waals surface area (Å²) in [5, 5.41) is 1.23. The summed E-state index contributed by atoms with van der Waals surface area (Å²) in [7, 11) is 0. The van der Waals surface area contributed by atoms with Gasteiger partial charge in [-0.2, -0.15) is 0 Å². The van der Waals surface area contributed by atoms with Gasteiger partial charge in [0.1, 0.15) is 0 Å². The molecule has 0 fully saturated rings. The molecular formula is C8H5Cl3. The third-order valence-electron chi connectivity index (χ3n) is 1.14. The monoisotopic (exact) mass is 206 g/mol. The highest BCUT2D eigenvalue weighted by Gasteiger charge is 1.93. The van der Waals surface area contributed by atoms with Crippen LogP contribution in [-0.2, 0) is 0 Å². The molecule has 3 heteroatoms. The van der Waals surface area contributed by atoms with Crippen molar-refractivity contribution in [3.05, 3.63) is 39.3 Å². The maximum atomic E-state index is 5.72. The van der Waals surface area contributed by atoms with Crippen LogP contribution in [0.5, 0.6) is 0 Å². The van der Waals surface area contributed by atoms with Gasteiger partial charge in [-0.15, -0.1) is 0 Å². The van der Waals surface area contributed by atoms with Crippen LogP contribution < -0.4 is 0 Å². The fraction of sp³-hybridized carbons (Fsp3) is 0. The molecule has 0 aromatic heterocycles. The molecule has 1 aromatic rings. The second-order valence-corrected chi connectivity index (χ2v) is 3.12. The van der Waals surface area contributed by atoms with E-state index in [1.165, 1.54) is 5.54 Å². The van der Waals surface area contributed by atoms with E-state index in [1.807, 2.05) is 0 Å². The van der Waals surface area contributed by atoms with E-state index in [-0.39, 0.29) is 0 Å². The Balaban J connectivity index is 3.08. The molecule has 58 valence electrons. The highest BCUT2D eigenvalue weighted by atomic mass is 35.5. The zero-order chi connectivity index (χ0) is 8.27. The van der Waals surface area contributed by atoms with Gasteiger partial charge in [0.15, 0.2) is 0 Å². The Kier molecular flexibility index (Phi) is 3.25. The molecule has 1 aromatic carbocycles. The molecule has 0 saturated carbocycles. The van der Waals surface area contributed by atoms with Crippen LogP contribution in [0.3, 0.4) is 0 Å². The molecule has 0 radical (unpaired) electrons. The Labute approximate surface area is 80.4 Å². The minimum atomic E-state index is 0.613. The van der Waals surface area contributed by atoms with E-state index in [0.717, 1.165) is 5.56 Å². The van der Waals surface area contributed by atoms with E-state index in [2.05, 4.69) is 0 Å². The molecule has 0 atom stereocenters. The smallest absolute Gasteiger partial charge is 0.0426 e. The fourth-order valence-corrected chi connectivity index (χ4v) is 1.43. The lowest BCUT2D eigenvalue weighted by Gasteiger charge is -1.95. The first-order chi connectivity index (χ1) is 5.22. The average molecular weight is 207 g/mol. The molecular weight excluding hydrogens is 202 g/mol. The van der Waals surface area contributed by atoms with E-state index in [1.54, 1.807) is 24.3 Å². The van der Waals surface area contributed by atoms with Gasteiger partial charge in [-0.05, 0) is 29.8 Å². The van der Waals surface area contributed by atoms with Crippen molar-refractivity contribution in [1.29, 1.82) is 0 Å². The van der Waals surface area contributed by atoms with Crippen LogP contribution in [0.25, 0.3) is 6.08 Å². The van der Waals surface area contributed by atoms with E-state index >= 15 is 0 Å². The predicted molar refractivity (Wildman–Crippen MR) is 51.3 cm³/mol. The predicted octanol–water partition coefficient (Wildman–Crippen LogP) is 4.20. The topological polar surface area (TPSA) is 0 Å². The molecule has 0 heterocycles. The number of halogens is 3. The summed E-state index contributed by atoms with van der Waals surface area (Å²) >= 11 is 16.8. The van der Waals surface area contributed by atoms with Crippen molar-refractivity contribution < 1.29 is 0 Å². The van der Waals surface area contributed by atoms with Gasteiger partial charge < -0.3 is 0 Å². The van der Waals surface area contributed by atoms with E-state index in [4.69, 9.17) is 34.8 Å². The van der Waals surface area contributed by atoms with Crippen molar-refractivity contribution in [2.24, 2.45) is 0 Å². The van der Waals surface area contributed by atoms with Gasteiger partial charge in [-0.3, -0.25) is 0 Å². The molecule has 1 rings (SSSR count). The Morgan fingerprint density at radius 1 is 1.00 bits per heavy atom. The van der Waals surface area contributed by atoms with Crippen molar-refractivity contribution in [3.63, 3.8) is 0 Å². The molecule has 0 amide bonds. The minimum Gasteiger partial charge on any atom is -0.0929 e.